The van der Waals surface area contributed by atoms with Gasteiger partial charge in [-0.2, -0.15) is 0 Å². The van der Waals surface area contributed by atoms with Crippen molar-refractivity contribution in [2.24, 2.45) is 0 Å². The van der Waals surface area contributed by atoms with Gasteiger partial charge >= 0.3 is 0 Å². The van der Waals surface area contributed by atoms with Gasteiger partial charge in [-0.25, -0.2) is 0 Å². The van der Waals surface area contributed by atoms with Gasteiger partial charge in [0.1, 0.15) is 18.3 Å². The summed E-state index contributed by atoms with van der Waals surface area (Å²) in [6.45, 7) is 5.27. The van der Waals surface area contributed by atoms with Crippen LogP contribution in [0.2, 0.25) is 0 Å². The summed E-state index contributed by atoms with van der Waals surface area (Å²) in [5.74, 6) is 0. The molecule has 156 valence electrons. The maximum Gasteiger partial charge on any atom is 0.175 e. The van der Waals surface area contributed by atoms with Gasteiger partial charge < -0.3 is 30.1 Å². The van der Waals surface area contributed by atoms with Crippen LogP contribution in [-0.4, -0.2) is 65.7 Å². The van der Waals surface area contributed by atoms with Crippen LogP contribution >= 0.6 is 0 Å². The number of aliphatic hydroxyl groups excluding tert-OH is 3. The zero-order chi connectivity index (χ0) is 19.2. The van der Waals surface area contributed by atoms with Crippen LogP contribution in [0.1, 0.15) is 78.1 Å². The third kappa shape index (κ3) is 8.63. The van der Waals surface area contributed by atoms with E-state index in [0.29, 0.717) is 6.61 Å². The van der Waals surface area contributed by atoms with E-state index < -0.39 is 30.6 Å². The SMILES string of the molecule is CCCCCCCCCCN[C@H]1[C@@H](OCCCC)O[C@H](CO)[C@@H](O)[C@@H]1O. The van der Waals surface area contributed by atoms with Crippen molar-refractivity contribution in [2.75, 3.05) is 19.8 Å². The third-order valence-corrected chi connectivity index (χ3v) is 5.07. The summed E-state index contributed by atoms with van der Waals surface area (Å²) in [5.41, 5.74) is 0. The van der Waals surface area contributed by atoms with Gasteiger partial charge in [-0.3, -0.25) is 0 Å². The molecule has 1 saturated heterocycles. The first kappa shape index (κ1) is 23.8. The van der Waals surface area contributed by atoms with Gasteiger partial charge in [0.2, 0.25) is 0 Å². The molecule has 0 aromatic rings. The molecule has 0 radical (unpaired) electrons. The lowest BCUT2D eigenvalue weighted by atomic mass is 9.96. The lowest BCUT2D eigenvalue weighted by Crippen LogP contribution is -2.64. The Morgan fingerprint density at radius 3 is 2.08 bits per heavy atom. The van der Waals surface area contributed by atoms with E-state index in [-0.39, 0.29) is 6.61 Å². The van der Waals surface area contributed by atoms with Gasteiger partial charge in [-0.05, 0) is 19.4 Å². The quantitative estimate of drug-likeness (QED) is 0.329. The van der Waals surface area contributed by atoms with Crippen molar-refractivity contribution in [3.8, 4) is 0 Å². The summed E-state index contributed by atoms with van der Waals surface area (Å²) in [7, 11) is 0. The van der Waals surface area contributed by atoms with Crippen LogP contribution in [0.3, 0.4) is 0 Å². The molecule has 6 nitrogen and oxygen atoms in total. The molecule has 1 fully saturated rings. The highest BCUT2D eigenvalue weighted by molar-refractivity contribution is 4.93. The molecule has 4 N–H and O–H groups in total. The molecule has 1 aliphatic heterocycles. The van der Waals surface area contributed by atoms with Crippen LogP contribution in [0.4, 0.5) is 0 Å². The molecule has 0 aromatic heterocycles. The molecule has 1 aliphatic rings. The minimum Gasteiger partial charge on any atom is -0.394 e. The summed E-state index contributed by atoms with van der Waals surface area (Å²) in [6.07, 6.45) is 8.31. The molecule has 26 heavy (non-hydrogen) atoms. The van der Waals surface area contributed by atoms with Crippen LogP contribution in [0.25, 0.3) is 0 Å². The molecule has 0 aliphatic carbocycles. The fraction of sp³-hybridized carbons (Fsp3) is 1.00. The second kappa shape index (κ2) is 14.8. The molecule has 1 rings (SSSR count). The first-order valence-electron chi connectivity index (χ1n) is 10.6. The standard InChI is InChI=1S/C20H41NO5/c1-3-5-7-8-9-10-11-12-13-21-17-19(24)18(23)16(15-22)26-20(17)25-14-6-4-2/h16-24H,3-15H2,1-2H3/t16-,17-,18-,19-,20+/m1/s1. The Bertz CT molecular complexity index is 331. The van der Waals surface area contributed by atoms with Crippen molar-refractivity contribution in [3.63, 3.8) is 0 Å². The Kier molecular flexibility index (Phi) is 13.5. The van der Waals surface area contributed by atoms with Crippen LogP contribution < -0.4 is 5.32 Å². The minimum atomic E-state index is -1.11. The predicted molar refractivity (Wildman–Crippen MR) is 103 cm³/mol. The monoisotopic (exact) mass is 375 g/mol. The molecule has 0 amide bonds. The largest absolute Gasteiger partial charge is 0.394 e. The van der Waals surface area contributed by atoms with Gasteiger partial charge in [-0.1, -0.05) is 65.2 Å². The van der Waals surface area contributed by atoms with Gasteiger partial charge in [0, 0.05) is 6.61 Å². The summed E-state index contributed by atoms with van der Waals surface area (Å²) in [6, 6.07) is -0.478. The van der Waals surface area contributed by atoms with Gasteiger partial charge in [0.05, 0.1) is 12.6 Å². The van der Waals surface area contributed by atoms with Crippen LogP contribution in [-0.2, 0) is 9.47 Å². The summed E-state index contributed by atoms with van der Waals surface area (Å²) in [4.78, 5) is 0. The zero-order valence-corrected chi connectivity index (χ0v) is 16.7. The zero-order valence-electron chi connectivity index (χ0n) is 16.7. The fourth-order valence-corrected chi connectivity index (χ4v) is 3.31. The topological polar surface area (TPSA) is 91.2 Å². The second-order valence-corrected chi connectivity index (χ2v) is 7.39. The predicted octanol–water partition coefficient (Wildman–Crippen LogP) is 2.34. The van der Waals surface area contributed by atoms with Crippen LogP contribution in [0, 0.1) is 0 Å². The molecular weight excluding hydrogens is 334 g/mol. The summed E-state index contributed by atoms with van der Waals surface area (Å²) >= 11 is 0. The van der Waals surface area contributed by atoms with Gasteiger partial charge in [-0.15, -0.1) is 0 Å². The lowest BCUT2D eigenvalue weighted by Gasteiger charge is -2.42. The number of rotatable bonds is 15. The van der Waals surface area contributed by atoms with Crippen molar-refractivity contribution >= 4 is 0 Å². The van der Waals surface area contributed by atoms with Gasteiger partial charge in [0.15, 0.2) is 6.29 Å². The smallest absolute Gasteiger partial charge is 0.175 e. The second-order valence-electron chi connectivity index (χ2n) is 7.39. The highest BCUT2D eigenvalue weighted by atomic mass is 16.7. The van der Waals surface area contributed by atoms with Crippen LogP contribution in [0.5, 0.6) is 0 Å². The Morgan fingerprint density at radius 1 is 0.846 bits per heavy atom. The summed E-state index contributed by atoms with van der Waals surface area (Å²) < 4.78 is 11.4. The molecular formula is C20H41NO5. The lowest BCUT2D eigenvalue weighted by molar-refractivity contribution is -0.271. The average molecular weight is 376 g/mol. The number of nitrogens with one attached hydrogen (secondary N) is 1. The first-order chi connectivity index (χ1) is 12.7. The van der Waals surface area contributed by atoms with E-state index in [9.17, 15) is 15.3 Å². The van der Waals surface area contributed by atoms with Gasteiger partial charge in [0.25, 0.3) is 0 Å². The number of hydrogen-bond acceptors (Lipinski definition) is 6. The molecule has 0 bridgehead atoms. The summed E-state index contributed by atoms with van der Waals surface area (Å²) in [5, 5.41) is 33.1. The average Bonchev–Trinajstić information content (AvgIpc) is 2.65. The maximum atomic E-state index is 10.4. The Labute approximate surface area is 159 Å². The van der Waals surface area contributed by atoms with E-state index in [1.165, 1.54) is 38.5 Å². The Morgan fingerprint density at radius 2 is 1.46 bits per heavy atom. The van der Waals surface area contributed by atoms with E-state index >= 15 is 0 Å². The maximum absolute atomic E-state index is 10.4. The Balaban J connectivity index is 2.32. The fourth-order valence-electron chi connectivity index (χ4n) is 3.31. The molecule has 5 atom stereocenters. The third-order valence-electron chi connectivity index (χ3n) is 5.07. The molecule has 0 aromatic carbocycles. The molecule has 1 heterocycles. The molecule has 6 heteroatoms. The van der Waals surface area contributed by atoms with E-state index in [1.807, 2.05) is 0 Å². The Hall–Kier alpha value is -0.240. The van der Waals surface area contributed by atoms with Crippen molar-refractivity contribution in [3.05, 3.63) is 0 Å². The molecule has 0 saturated carbocycles. The molecule has 0 unspecified atom stereocenters. The highest BCUT2D eigenvalue weighted by Gasteiger charge is 2.44. The number of unbranched alkanes of at least 4 members (excludes halogenated alkanes) is 8. The van der Waals surface area contributed by atoms with E-state index in [4.69, 9.17) is 9.47 Å². The normalized spacial score (nSPS) is 29.2. The van der Waals surface area contributed by atoms with Crippen molar-refractivity contribution in [2.45, 2.75) is 109 Å². The molecule has 0 spiro atoms. The van der Waals surface area contributed by atoms with E-state index in [1.54, 1.807) is 0 Å². The van der Waals surface area contributed by atoms with E-state index in [2.05, 4.69) is 19.2 Å². The van der Waals surface area contributed by atoms with Crippen molar-refractivity contribution in [1.82, 2.24) is 5.32 Å². The number of hydrogen-bond donors (Lipinski definition) is 4. The highest BCUT2D eigenvalue weighted by Crippen LogP contribution is 2.22. The van der Waals surface area contributed by atoms with Crippen LogP contribution in [0.15, 0.2) is 0 Å². The van der Waals surface area contributed by atoms with E-state index in [0.717, 1.165) is 32.2 Å². The number of aliphatic hydroxyl groups is 3. The minimum absolute atomic E-state index is 0.337. The first-order valence-corrected chi connectivity index (χ1v) is 10.6. The van der Waals surface area contributed by atoms with Crippen molar-refractivity contribution in [1.29, 1.82) is 0 Å². The van der Waals surface area contributed by atoms with Crippen molar-refractivity contribution < 1.29 is 24.8 Å². The number of ether oxygens (including phenoxy) is 2.